The quantitative estimate of drug-likeness (QED) is 0.605. The second-order valence-electron chi connectivity index (χ2n) is 8.69. The first-order chi connectivity index (χ1) is 16.1. The fourth-order valence-electron chi connectivity index (χ4n) is 4.08. The van der Waals surface area contributed by atoms with Crippen molar-refractivity contribution < 1.29 is 14.3 Å². The number of carbonyl (C=O) groups is 1. The number of aromatic nitrogens is 1. The van der Waals surface area contributed by atoms with Crippen molar-refractivity contribution >= 4 is 11.6 Å². The summed E-state index contributed by atoms with van der Waals surface area (Å²) in [5.74, 6) is 1.60. The summed E-state index contributed by atoms with van der Waals surface area (Å²) in [4.78, 5) is 19.5. The van der Waals surface area contributed by atoms with Crippen LogP contribution in [0.25, 0.3) is 0 Å². The van der Waals surface area contributed by atoms with Crippen LogP contribution in [0.1, 0.15) is 31.4 Å². The van der Waals surface area contributed by atoms with Gasteiger partial charge in [-0.2, -0.15) is 0 Å². The predicted molar refractivity (Wildman–Crippen MR) is 129 cm³/mol. The third kappa shape index (κ3) is 6.04. The van der Waals surface area contributed by atoms with Crippen LogP contribution in [0.5, 0.6) is 11.6 Å². The number of nitrogens with one attached hydrogen (secondary N) is 1. The number of pyridine rings is 1. The number of anilines is 1. The van der Waals surface area contributed by atoms with E-state index in [0.29, 0.717) is 31.5 Å². The molecule has 0 radical (unpaired) electrons. The van der Waals surface area contributed by atoms with Crippen molar-refractivity contribution in [1.29, 1.82) is 0 Å². The second kappa shape index (κ2) is 10.9. The van der Waals surface area contributed by atoms with E-state index in [9.17, 15) is 4.79 Å². The Morgan fingerprint density at radius 2 is 1.85 bits per heavy atom. The van der Waals surface area contributed by atoms with Gasteiger partial charge in [-0.15, -0.1) is 0 Å². The zero-order chi connectivity index (χ0) is 23.0. The molecule has 1 amide bonds. The summed E-state index contributed by atoms with van der Waals surface area (Å²) in [5, 5.41) is 3.53. The highest BCUT2D eigenvalue weighted by molar-refractivity contribution is 5.78. The topological polar surface area (TPSA) is 63.7 Å². The largest absolute Gasteiger partial charge is 0.491 e. The molecule has 0 aliphatic carbocycles. The molecule has 4 rings (SSSR count). The van der Waals surface area contributed by atoms with Gasteiger partial charge in [-0.25, -0.2) is 4.98 Å². The molecule has 0 bridgehead atoms. The van der Waals surface area contributed by atoms with Gasteiger partial charge in [-0.1, -0.05) is 56.3 Å². The maximum absolute atomic E-state index is 13.5. The van der Waals surface area contributed by atoms with Gasteiger partial charge in [0.25, 0.3) is 5.91 Å². The van der Waals surface area contributed by atoms with Crippen molar-refractivity contribution in [1.82, 2.24) is 9.88 Å². The molecule has 0 unspecified atom stereocenters. The van der Waals surface area contributed by atoms with E-state index in [4.69, 9.17) is 9.47 Å². The summed E-state index contributed by atoms with van der Waals surface area (Å²) in [5.41, 5.74) is 3.17. The molecule has 1 aliphatic heterocycles. The number of fused-ring (bicyclic) bond motifs is 2. The molecular formula is C27H31N3O3. The van der Waals surface area contributed by atoms with E-state index in [0.717, 1.165) is 29.0 Å². The van der Waals surface area contributed by atoms with Crippen LogP contribution in [0.3, 0.4) is 0 Å². The Hall–Kier alpha value is -3.54. The lowest BCUT2D eigenvalue weighted by atomic mass is 10.0. The average Bonchev–Trinajstić information content (AvgIpc) is 2.86. The van der Waals surface area contributed by atoms with Gasteiger partial charge in [-0.05, 0) is 36.1 Å². The molecule has 6 nitrogen and oxygen atoms in total. The van der Waals surface area contributed by atoms with Crippen molar-refractivity contribution in [3.8, 4) is 11.6 Å². The van der Waals surface area contributed by atoms with E-state index in [1.807, 2.05) is 47.4 Å². The zero-order valence-electron chi connectivity index (χ0n) is 19.2. The van der Waals surface area contributed by atoms with Crippen LogP contribution < -0.4 is 14.8 Å². The highest BCUT2D eigenvalue weighted by Gasteiger charge is 2.27. The van der Waals surface area contributed by atoms with E-state index in [1.165, 1.54) is 0 Å². The maximum Gasteiger partial charge on any atom is 0.261 e. The fraction of sp³-hybridized carbons (Fsp3) is 0.333. The Morgan fingerprint density at radius 3 is 2.64 bits per heavy atom. The molecule has 3 aromatic rings. The Bertz CT molecular complexity index is 1060. The van der Waals surface area contributed by atoms with Gasteiger partial charge >= 0.3 is 0 Å². The number of carbonyl (C=O) groups excluding carboxylic acids is 1. The number of ether oxygens (including phenoxy) is 2. The smallest absolute Gasteiger partial charge is 0.261 e. The van der Waals surface area contributed by atoms with Crippen LogP contribution in [0, 0.1) is 5.92 Å². The number of rotatable bonds is 5. The van der Waals surface area contributed by atoms with Gasteiger partial charge < -0.3 is 19.7 Å². The maximum atomic E-state index is 13.5. The third-order valence-electron chi connectivity index (χ3n) is 5.72. The predicted octanol–water partition coefficient (Wildman–Crippen LogP) is 4.91. The van der Waals surface area contributed by atoms with Crippen LogP contribution in [0.15, 0.2) is 72.9 Å². The fourth-order valence-corrected chi connectivity index (χ4v) is 4.08. The van der Waals surface area contributed by atoms with Crippen molar-refractivity contribution in [2.45, 2.75) is 39.4 Å². The number of amides is 1. The molecule has 0 saturated heterocycles. The van der Waals surface area contributed by atoms with Gasteiger partial charge in [0.15, 0.2) is 6.61 Å². The second-order valence-corrected chi connectivity index (χ2v) is 8.69. The molecule has 0 saturated carbocycles. The van der Waals surface area contributed by atoms with E-state index >= 15 is 0 Å². The Balaban J connectivity index is 1.65. The van der Waals surface area contributed by atoms with Gasteiger partial charge in [0, 0.05) is 36.6 Å². The normalized spacial score (nSPS) is 16.0. The Labute approximate surface area is 195 Å². The molecule has 2 aromatic carbocycles. The molecule has 1 N–H and O–H groups in total. The minimum atomic E-state index is -0.0935. The molecule has 1 aromatic heterocycles. The molecule has 6 heteroatoms. The number of hydrogen-bond donors (Lipinski definition) is 1. The standard InChI is InChI=1S/C27H31N3O3/c1-20(2)15-23-18-32-25-12-6-4-9-21(25)16-29-24-11-5-3-10-22(24)17-30(23)27(31)19-33-26-13-7-8-14-28-26/h3-14,20,23,29H,15-19H2,1-2H3/t23-/m0/s1. The summed E-state index contributed by atoms with van der Waals surface area (Å²) in [7, 11) is 0. The molecule has 0 spiro atoms. The van der Waals surface area contributed by atoms with Crippen LogP contribution in [0.2, 0.25) is 0 Å². The van der Waals surface area contributed by atoms with Crippen molar-refractivity contribution in [3.05, 3.63) is 84.1 Å². The van der Waals surface area contributed by atoms with E-state index < -0.39 is 0 Å². The number of para-hydroxylation sites is 2. The van der Waals surface area contributed by atoms with Gasteiger partial charge in [0.05, 0.1) is 6.04 Å². The van der Waals surface area contributed by atoms with Crippen molar-refractivity contribution in [2.75, 3.05) is 18.5 Å². The minimum Gasteiger partial charge on any atom is -0.491 e. The SMILES string of the molecule is CC(C)C[C@H]1COc2ccccc2CNc2ccccc2CN1C(=O)COc1ccccn1. The number of nitrogens with zero attached hydrogens (tertiary/aromatic N) is 2. The lowest BCUT2D eigenvalue weighted by molar-refractivity contribution is -0.137. The molecule has 1 atom stereocenters. The first-order valence-corrected chi connectivity index (χ1v) is 11.5. The lowest BCUT2D eigenvalue weighted by Crippen LogP contribution is -2.46. The van der Waals surface area contributed by atoms with Crippen LogP contribution in [0.4, 0.5) is 5.69 Å². The average molecular weight is 446 g/mol. The van der Waals surface area contributed by atoms with Crippen molar-refractivity contribution in [3.63, 3.8) is 0 Å². The molecule has 2 heterocycles. The van der Waals surface area contributed by atoms with Gasteiger partial charge in [0.1, 0.15) is 12.4 Å². The number of benzene rings is 2. The van der Waals surface area contributed by atoms with Crippen molar-refractivity contribution in [2.24, 2.45) is 5.92 Å². The molecule has 0 fully saturated rings. The zero-order valence-corrected chi connectivity index (χ0v) is 19.2. The highest BCUT2D eigenvalue weighted by atomic mass is 16.5. The Kier molecular flexibility index (Phi) is 7.45. The molecule has 33 heavy (non-hydrogen) atoms. The van der Waals surface area contributed by atoms with E-state index in [-0.39, 0.29) is 18.6 Å². The van der Waals surface area contributed by atoms with Gasteiger partial charge in [-0.3, -0.25) is 4.79 Å². The number of hydrogen-bond acceptors (Lipinski definition) is 5. The molecule has 172 valence electrons. The summed E-state index contributed by atoms with van der Waals surface area (Å²) in [6.45, 7) is 5.82. The molecular weight excluding hydrogens is 414 g/mol. The third-order valence-corrected chi connectivity index (χ3v) is 5.72. The van der Waals surface area contributed by atoms with E-state index in [1.54, 1.807) is 12.3 Å². The summed E-state index contributed by atoms with van der Waals surface area (Å²) < 4.78 is 12.0. The van der Waals surface area contributed by atoms with Gasteiger partial charge in [0.2, 0.25) is 5.88 Å². The lowest BCUT2D eigenvalue weighted by Gasteiger charge is -2.33. The minimum absolute atomic E-state index is 0.0716. The van der Waals surface area contributed by atoms with E-state index in [2.05, 4.69) is 42.3 Å². The summed E-state index contributed by atoms with van der Waals surface area (Å²) in [6.07, 6.45) is 2.48. The summed E-state index contributed by atoms with van der Waals surface area (Å²) in [6, 6.07) is 21.5. The Morgan fingerprint density at radius 1 is 1.09 bits per heavy atom. The van der Waals surface area contributed by atoms with Crippen LogP contribution >= 0.6 is 0 Å². The monoisotopic (exact) mass is 445 g/mol. The van der Waals surface area contributed by atoms with Crippen LogP contribution in [-0.2, 0) is 17.9 Å². The van der Waals surface area contributed by atoms with Crippen LogP contribution in [-0.4, -0.2) is 35.0 Å². The first-order valence-electron chi connectivity index (χ1n) is 11.5. The first kappa shape index (κ1) is 22.6. The summed E-state index contributed by atoms with van der Waals surface area (Å²) >= 11 is 0. The molecule has 1 aliphatic rings. The highest BCUT2D eigenvalue weighted by Crippen LogP contribution is 2.26.